The zero-order valence-corrected chi connectivity index (χ0v) is 6.58. The van der Waals surface area contributed by atoms with Gasteiger partial charge in [0.05, 0.1) is 16.5 Å². The smallest absolute Gasteiger partial charge is 0.0870 e. The topological polar surface area (TPSA) is 33.1 Å². The Labute approximate surface area is 64.0 Å². The Morgan fingerprint density at radius 1 is 1.78 bits per heavy atom. The van der Waals surface area contributed by atoms with Crippen LogP contribution in [0.3, 0.4) is 0 Å². The third kappa shape index (κ3) is 2.30. The van der Waals surface area contributed by atoms with Crippen LogP contribution in [0.4, 0.5) is 0 Å². The number of rotatable bonds is 1. The minimum absolute atomic E-state index is 0. The van der Waals surface area contributed by atoms with E-state index < -0.39 is 0 Å². The lowest BCUT2D eigenvalue weighted by molar-refractivity contribution is 0.203. The molecule has 9 heavy (non-hydrogen) atoms. The summed E-state index contributed by atoms with van der Waals surface area (Å²) >= 11 is 1.47. The summed E-state index contributed by atoms with van der Waals surface area (Å²) in [6, 6.07) is 0. The molecule has 0 radical (unpaired) electrons. The van der Waals surface area contributed by atoms with E-state index in [0.29, 0.717) is 0 Å². The number of hydrogen-bond donors (Lipinski definition) is 1. The Balaban J connectivity index is 0.000000640. The van der Waals surface area contributed by atoms with Gasteiger partial charge in [0.25, 0.3) is 0 Å². The minimum Gasteiger partial charge on any atom is -0.388 e. The van der Waals surface area contributed by atoms with Crippen LogP contribution >= 0.6 is 23.7 Å². The lowest BCUT2D eigenvalue weighted by Gasteiger charge is -1.93. The van der Waals surface area contributed by atoms with Crippen LogP contribution in [0.5, 0.6) is 0 Å². The molecule has 4 heteroatoms. The highest BCUT2D eigenvalue weighted by molar-refractivity contribution is 7.09. The van der Waals surface area contributed by atoms with Crippen molar-refractivity contribution in [1.82, 2.24) is 4.98 Å². The fourth-order valence-electron chi connectivity index (χ4n) is 0.432. The van der Waals surface area contributed by atoms with Crippen molar-refractivity contribution in [2.45, 2.75) is 13.0 Å². The molecular weight excluding hydrogens is 158 g/mol. The third-order valence-electron chi connectivity index (χ3n) is 0.863. The first-order valence-corrected chi connectivity index (χ1v) is 3.25. The maximum atomic E-state index is 8.88. The van der Waals surface area contributed by atoms with Gasteiger partial charge in [-0.05, 0) is 6.92 Å². The van der Waals surface area contributed by atoms with Gasteiger partial charge in [0.15, 0.2) is 0 Å². The average Bonchev–Trinajstić information content (AvgIpc) is 2.12. The summed E-state index contributed by atoms with van der Waals surface area (Å²) in [6.45, 7) is 1.73. The van der Waals surface area contributed by atoms with E-state index in [2.05, 4.69) is 4.98 Å². The van der Waals surface area contributed by atoms with Crippen LogP contribution in [-0.4, -0.2) is 10.1 Å². The molecule has 0 aliphatic heterocycles. The van der Waals surface area contributed by atoms with Crippen molar-refractivity contribution >= 4 is 23.7 Å². The molecule has 52 valence electrons. The SMILES string of the molecule is CC(O)c1cncs1.Cl. The van der Waals surface area contributed by atoms with Gasteiger partial charge in [0.2, 0.25) is 0 Å². The van der Waals surface area contributed by atoms with E-state index >= 15 is 0 Å². The first kappa shape index (κ1) is 8.88. The highest BCUT2D eigenvalue weighted by Crippen LogP contribution is 2.14. The number of aliphatic hydroxyl groups excluding tert-OH is 1. The molecule has 1 atom stereocenters. The van der Waals surface area contributed by atoms with Gasteiger partial charge in [0.1, 0.15) is 0 Å². The quantitative estimate of drug-likeness (QED) is 0.686. The van der Waals surface area contributed by atoms with Crippen LogP contribution in [0.15, 0.2) is 11.7 Å². The number of nitrogens with zero attached hydrogens (tertiary/aromatic N) is 1. The van der Waals surface area contributed by atoms with E-state index in [-0.39, 0.29) is 18.5 Å². The zero-order chi connectivity index (χ0) is 5.98. The van der Waals surface area contributed by atoms with Gasteiger partial charge in [-0.1, -0.05) is 0 Å². The van der Waals surface area contributed by atoms with E-state index in [1.807, 2.05) is 0 Å². The molecule has 0 aromatic carbocycles. The van der Waals surface area contributed by atoms with Crippen molar-refractivity contribution < 1.29 is 5.11 Å². The van der Waals surface area contributed by atoms with Crippen LogP contribution in [0, 0.1) is 0 Å². The second kappa shape index (κ2) is 3.82. The van der Waals surface area contributed by atoms with Crippen LogP contribution in [-0.2, 0) is 0 Å². The fourth-order valence-corrected chi connectivity index (χ4v) is 0.994. The first-order chi connectivity index (χ1) is 3.80. The molecule has 1 aromatic rings. The van der Waals surface area contributed by atoms with E-state index in [1.54, 1.807) is 18.6 Å². The van der Waals surface area contributed by atoms with E-state index in [4.69, 9.17) is 5.11 Å². The molecule has 0 saturated carbocycles. The number of hydrogen-bond acceptors (Lipinski definition) is 3. The molecule has 1 N–H and O–H groups in total. The molecule has 0 amide bonds. The summed E-state index contributed by atoms with van der Waals surface area (Å²) in [5.74, 6) is 0. The Hall–Kier alpha value is -0.120. The second-order valence-electron chi connectivity index (χ2n) is 1.58. The monoisotopic (exact) mass is 165 g/mol. The molecule has 1 rings (SSSR count). The highest BCUT2D eigenvalue weighted by Gasteiger charge is 1.98. The molecule has 0 aliphatic rings. The molecule has 0 spiro atoms. The summed E-state index contributed by atoms with van der Waals surface area (Å²) < 4.78 is 0. The summed E-state index contributed by atoms with van der Waals surface area (Å²) in [6.07, 6.45) is 1.32. The Morgan fingerprint density at radius 2 is 2.44 bits per heavy atom. The van der Waals surface area contributed by atoms with Crippen LogP contribution in [0.1, 0.15) is 17.9 Å². The van der Waals surface area contributed by atoms with Gasteiger partial charge in [0, 0.05) is 6.20 Å². The van der Waals surface area contributed by atoms with Crippen molar-refractivity contribution in [3.8, 4) is 0 Å². The molecular formula is C5H8ClNOS. The maximum Gasteiger partial charge on any atom is 0.0870 e. The predicted octanol–water partition coefficient (Wildman–Crippen LogP) is 1.62. The Morgan fingerprint density at radius 3 is 2.67 bits per heavy atom. The normalized spacial score (nSPS) is 12.2. The van der Waals surface area contributed by atoms with Crippen molar-refractivity contribution in [2.75, 3.05) is 0 Å². The number of thiazole rings is 1. The molecule has 2 nitrogen and oxygen atoms in total. The average molecular weight is 166 g/mol. The lowest BCUT2D eigenvalue weighted by Crippen LogP contribution is -1.83. The zero-order valence-electron chi connectivity index (χ0n) is 4.94. The third-order valence-corrected chi connectivity index (χ3v) is 1.81. The van der Waals surface area contributed by atoms with Gasteiger partial charge in [-0.25, -0.2) is 0 Å². The molecule has 1 unspecified atom stereocenters. The standard InChI is InChI=1S/C5H7NOS.ClH/c1-4(7)5-2-6-3-8-5;/h2-4,7H,1H3;1H. The van der Waals surface area contributed by atoms with Crippen molar-refractivity contribution in [1.29, 1.82) is 0 Å². The van der Waals surface area contributed by atoms with Gasteiger partial charge in [-0.3, -0.25) is 4.98 Å². The summed E-state index contributed by atoms with van der Waals surface area (Å²) in [5.41, 5.74) is 1.71. The van der Waals surface area contributed by atoms with E-state index in [9.17, 15) is 0 Å². The van der Waals surface area contributed by atoms with Crippen LogP contribution < -0.4 is 0 Å². The second-order valence-corrected chi connectivity index (χ2v) is 2.50. The van der Waals surface area contributed by atoms with Crippen LogP contribution in [0.2, 0.25) is 0 Å². The van der Waals surface area contributed by atoms with Crippen LogP contribution in [0.25, 0.3) is 0 Å². The minimum atomic E-state index is -0.359. The number of halogens is 1. The molecule has 0 fully saturated rings. The molecule has 1 aromatic heterocycles. The first-order valence-electron chi connectivity index (χ1n) is 2.37. The summed E-state index contributed by atoms with van der Waals surface area (Å²) in [4.78, 5) is 4.72. The van der Waals surface area contributed by atoms with Gasteiger partial charge < -0.3 is 5.11 Å². The highest BCUT2D eigenvalue weighted by atomic mass is 35.5. The maximum absolute atomic E-state index is 8.88. The Bertz CT molecular complexity index is 152. The number of aromatic nitrogens is 1. The lowest BCUT2D eigenvalue weighted by atomic mass is 10.4. The largest absolute Gasteiger partial charge is 0.388 e. The fraction of sp³-hybridized carbons (Fsp3) is 0.400. The van der Waals surface area contributed by atoms with Crippen molar-refractivity contribution in [3.05, 3.63) is 16.6 Å². The predicted molar refractivity (Wildman–Crippen MR) is 40.0 cm³/mol. The summed E-state index contributed by atoms with van der Waals surface area (Å²) in [5, 5.41) is 8.88. The van der Waals surface area contributed by atoms with Crippen molar-refractivity contribution in [3.63, 3.8) is 0 Å². The van der Waals surface area contributed by atoms with Gasteiger partial charge in [-0.2, -0.15) is 0 Å². The molecule has 0 aliphatic carbocycles. The molecule has 1 heterocycles. The van der Waals surface area contributed by atoms with E-state index in [0.717, 1.165) is 4.88 Å². The van der Waals surface area contributed by atoms with Gasteiger partial charge in [-0.15, -0.1) is 23.7 Å². The van der Waals surface area contributed by atoms with E-state index in [1.165, 1.54) is 11.3 Å². The van der Waals surface area contributed by atoms with Crippen molar-refractivity contribution in [2.24, 2.45) is 0 Å². The number of aliphatic hydroxyl groups is 1. The van der Waals surface area contributed by atoms with Gasteiger partial charge >= 0.3 is 0 Å². The molecule has 0 bridgehead atoms. The molecule has 0 saturated heterocycles. The Kier molecular flexibility index (Phi) is 3.77. The summed E-state index contributed by atoms with van der Waals surface area (Å²) in [7, 11) is 0.